The first-order valence-corrected chi connectivity index (χ1v) is 9.38. The molecule has 8 heteroatoms. The van der Waals surface area contributed by atoms with Crippen LogP contribution >= 0.6 is 11.8 Å². The van der Waals surface area contributed by atoms with Crippen LogP contribution in [0.15, 0.2) is 27.4 Å². The Labute approximate surface area is 154 Å². The van der Waals surface area contributed by atoms with Crippen LogP contribution in [0.1, 0.15) is 17.5 Å². The van der Waals surface area contributed by atoms with Gasteiger partial charge in [0.25, 0.3) is 0 Å². The van der Waals surface area contributed by atoms with Gasteiger partial charge in [-0.15, -0.1) is 0 Å². The average Bonchev–Trinajstić information content (AvgIpc) is 2.59. The number of benzene rings is 1. The number of thioether (sulfide) groups is 1. The van der Waals surface area contributed by atoms with Crippen molar-refractivity contribution in [2.24, 2.45) is 0 Å². The van der Waals surface area contributed by atoms with E-state index in [1.807, 2.05) is 6.26 Å². The fourth-order valence-electron chi connectivity index (χ4n) is 2.69. The summed E-state index contributed by atoms with van der Waals surface area (Å²) in [5, 5.41) is 12.4. The molecule has 1 aromatic carbocycles. The normalized spacial score (nSPS) is 12.0. The van der Waals surface area contributed by atoms with Crippen molar-refractivity contribution in [1.82, 2.24) is 5.32 Å². The lowest BCUT2D eigenvalue weighted by Crippen LogP contribution is -2.42. The summed E-state index contributed by atoms with van der Waals surface area (Å²) in [5.41, 5.74) is 0.923. The van der Waals surface area contributed by atoms with Gasteiger partial charge in [0.2, 0.25) is 5.91 Å². The molecule has 7 nitrogen and oxygen atoms in total. The summed E-state index contributed by atoms with van der Waals surface area (Å²) in [4.78, 5) is 35.5. The van der Waals surface area contributed by atoms with E-state index >= 15 is 0 Å². The number of hydrogen-bond acceptors (Lipinski definition) is 6. The minimum Gasteiger partial charge on any atom is -0.496 e. The Morgan fingerprint density at radius 2 is 2.12 bits per heavy atom. The van der Waals surface area contributed by atoms with E-state index in [1.54, 1.807) is 19.1 Å². The summed E-state index contributed by atoms with van der Waals surface area (Å²) in [5.74, 6) is -0.344. The zero-order valence-electron chi connectivity index (χ0n) is 14.8. The fraction of sp³-hybridized carbons (Fsp3) is 0.389. The number of carbonyl (C=O) groups excluding carboxylic acids is 1. The van der Waals surface area contributed by atoms with Gasteiger partial charge in [-0.1, -0.05) is 0 Å². The van der Waals surface area contributed by atoms with E-state index in [0.717, 1.165) is 0 Å². The van der Waals surface area contributed by atoms with E-state index in [4.69, 9.17) is 9.15 Å². The van der Waals surface area contributed by atoms with Crippen molar-refractivity contribution in [1.29, 1.82) is 0 Å². The Kier molecular flexibility index (Phi) is 6.68. The maximum Gasteiger partial charge on any atom is 0.336 e. The number of methoxy groups -OCH3 is 1. The van der Waals surface area contributed by atoms with E-state index in [-0.39, 0.29) is 6.42 Å². The highest BCUT2D eigenvalue weighted by Crippen LogP contribution is 2.28. The first-order valence-electron chi connectivity index (χ1n) is 7.98. The molecule has 0 aliphatic rings. The molecule has 1 aromatic heterocycles. The lowest BCUT2D eigenvalue weighted by atomic mass is 10.0. The number of aryl methyl sites for hydroxylation is 1. The molecule has 0 saturated carbocycles. The topological polar surface area (TPSA) is 106 Å². The second kappa shape index (κ2) is 8.75. The lowest BCUT2D eigenvalue weighted by Gasteiger charge is -2.15. The molecule has 26 heavy (non-hydrogen) atoms. The van der Waals surface area contributed by atoms with Gasteiger partial charge in [-0.05, 0) is 43.0 Å². The van der Waals surface area contributed by atoms with E-state index in [9.17, 15) is 19.5 Å². The Morgan fingerprint density at radius 1 is 1.38 bits per heavy atom. The molecule has 1 amide bonds. The third kappa shape index (κ3) is 4.57. The Bertz CT molecular complexity index is 876. The Morgan fingerprint density at radius 3 is 2.73 bits per heavy atom. The molecule has 140 valence electrons. The number of carbonyl (C=O) groups is 2. The van der Waals surface area contributed by atoms with Crippen LogP contribution in [-0.2, 0) is 16.0 Å². The number of amides is 1. The van der Waals surface area contributed by atoms with Gasteiger partial charge < -0.3 is 19.6 Å². The standard InChI is InChI=1S/C18H21NO6S/c1-10-14(24-2)5-4-12-11(9-16(21)25-17(10)12)8-15(20)19-13(18(22)23)6-7-26-3/h4-5,9,13H,6-8H2,1-3H3,(H,19,20)(H,22,23)/t13-/m0/s1. The van der Waals surface area contributed by atoms with Crippen molar-refractivity contribution >= 4 is 34.6 Å². The summed E-state index contributed by atoms with van der Waals surface area (Å²) >= 11 is 1.51. The summed E-state index contributed by atoms with van der Waals surface area (Å²) in [6.07, 6.45) is 2.08. The number of ether oxygens (including phenoxy) is 1. The highest BCUT2D eigenvalue weighted by atomic mass is 32.2. The van der Waals surface area contributed by atoms with Crippen molar-refractivity contribution in [2.45, 2.75) is 25.8 Å². The molecule has 0 aliphatic carbocycles. The van der Waals surface area contributed by atoms with Crippen molar-refractivity contribution in [3.8, 4) is 5.75 Å². The van der Waals surface area contributed by atoms with E-state index < -0.39 is 23.5 Å². The molecule has 2 aromatic rings. The first-order chi connectivity index (χ1) is 12.4. The third-order valence-corrected chi connectivity index (χ3v) is 4.66. The second-order valence-corrected chi connectivity index (χ2v) is 6.76. The largest absolute Gasteiger partial charge is 0.496 e. The van der Waals surface area contributed by atoms with Crippen molar-refractivity contribution in [2.75, 3.05) is 19.1 Å². The number of nitrogens with one attached hydrogen (secondary N) is 1. The molecule has 0 saturated heterocycles. The van der Waals surface area contributed by atoms with Crippen LogP contribution in [-0.4, -0.2) is 42.1 Å². The SMILES string of the molecule is COc1ccc2c(CC(=O)N[C@@H](CCSC)C(=O)O)cc(=O)oc2c1C. The summed E-state index contributed by atoms with van der Waals surface area (Å²) < 4.78 is 10.5. The van der Waals surface area contributed by atoms with Crippen molar-refractivity contribution in [3.05, 3.63) is 39.7 Å². The quantitative estimate of drug-likeness (QED) is 0.676. The highest BCUT2D eigenvalue weighted by Gasteiger charge is 2.20. The first kappa shape index (κ1) is 19.8. The van der Waals surface area contributed by atoms with Gasteiger partial charge in [0.05, 0.1) is 13.5 Å². The van der Waals surface area contributed by atoms with Gasteiger partial charge in [-0.3, -0.25) is 4.79 Å². The van der Waals surface area contributed by atoms with Gasteiger partial charge in [-0.2, -0.15) is 11.8 Å². The fourth-order valence-corrected chi connectivity index (χ4v) is 3.16. The molecule has 0 spiro atoms. The van der Waals surface area contributed by atoms with Gasteiger partial charge in [0.1, 0.15) is 17.4 Å². The molecule has 0 fully saturated rings. The Hall–Kier alpha value is -2.48. The second-order valence-electron chi connectivity index (χ2n) is 5.78. The maximum absolute atomic E-state index is 12.3. The lowest BCUT2D eigenvalue weighted by molar-refractivity contribution is -0.141. The van der Waals surface area contributed by atoms with Crippen LogP contribution < -0.4 is 15.7 Å². The molecule has 0 radical (unpaired) electrons. The van der Waals surface area contributed by atoms with Crippen molar-refractivity contribution < 1.29 is 23.8 Å². The maximum atomic E-state index is 12.3. The van der Waals surface area contributed by atoms with Gasteiger partial charge >= 0.3 is 11.6 Å². The number of carboxylic acids is 1. The molecule has 0 unspecified atom stereocenters. The summed E-state index contributed by atoms with van der Waals surface area (Å²) in [6, 6.07) is 3.75. The molecule has 0 bridgehead atoms. The van der Waals surface area contributed by atoms with Crippen LogP contribution in [0.25, 0.3) is 11.0 Å². The molecular formula is C18H21NO6S. The highest BCUT2D eigenvalue weighted by molar-refractivity contribution is 7.98. The van der Waals surface area contributed by atoms with Crippen LogP contribution in [0.2, 0.25) is 0 Å². The molecule has 2 rings (SSSR count). The number of aliphatic carboxylic acids is 1. The van der Waals surface area contributed by atoms with Crippen LogP contribution in [0, 0.1) is 6.92 Å². The average molecular weight is 379 g/mol. The smallest absolute Gasteiger partial charge is 0.336 e. The molecule has 2 N–H and O–H groups in total. The van der Waals surface area contributed by atoms with Crippen LogP contribution in [0.5, 0.6) is 5.75 Å². The summed E-state index contributed by atoms with van der Waals surface area (Å²) in [6.45, 7) is 1.76. The van der Waals surface area contributed by atoms with E-state index in [1.165, 1.54) is 24.9 Å². The Balaban J connectivity index is 2.30. The molecule has 1 atom stereocenters. The summed E-state index contributed by atoms with van der Waals surface area (Å²) in [7, 11) is 1.52. The van der Waals surface area contributed by atoms with Gasteiger partial charge in [-0.25, -0.2) is 9.59 Å². The van der Waals surface area contributed by atoms with Crippen molar-refractivity contribution in [3.63, 3.8) is 0 Å². The zero-order valence-corrected chi connectivity index (χ0v) is 15.6. The third-order valence-electron chi connectivity index (χ3n) is 4.01. The monoisotopic (exact) mass is 379 g/mol. The van der Waals surface area contributed by atoms with Gasteiger partial charge in [0.15, 0.2) is 0 Å². The molecule has 1 heterocycles. The van der Waals surface area contributed by atoms with E-state index in [0.29, 0.717) is 40.0 Å². The van der Waals surface area contributed by atoms with E-state index in [2.05, 4.69) is 5.32 Å². The molecular weight excluding hydrogens is 358 g/mol. The molecule has 0 aliphatic heterocycles. The minimum absolute atomic E-state index is 0.114. The number of rotatable bonds is 8. The minimum atomic E-state index is -1.08. The van der Waals surface area contributed by atoms with Crippen LogP contribution in [0.4, 0.5) is 0 Å². The number of hydrogen-bond donors (Lipinski definition) is 2. The predicted octanol–water partition coefficient (Wildman–Crippen LogP) is 1.98. The predicted molar refractivity (Wildman–Crippen MR) is 100 cm³/mol. The van der Waals surface area contributed by atoms with Crippen LogP contribution in [0.3, 0.4) is 0 Å². The number of carboxylic acid groups (broad SMARTS) is 1. The zero-order chi connectivity index (χ0) is 19.3. The van der Waals surface area contributed by atoms with Gasteiger partial charge in [0, 0.05) is 17.0 Å². The number of fused-ring (bicyclic) bond motifs is 1.